The molecule has 0 unspecified atom stereocenters. The zero-order valence-corrected chi connectivity index (χ0v) is 14.8. The Kier molecular flexibility index (Phi) is 4.55. The number of carboxylic acids is 1. The Morgan fingerprint density at radius 3 is 2.68 bits per heavy atom. The minimum Gasteiger partial charge on any atom is -0.478 e. The number of nitrogen functional groups attached to an aromatic ring is 1. The van der Waals surface area contributed by atoms with Crippen molar-refractivity contribution in [3.8, 4) is 28.4 Å². The number of hydrogen-bond donors (Lipinski definition) is 3. The molecule has 0 fully saturated rings. The van der Waals surface area contributed by atoms with Gasteiger partial charge < -0.3 is 25.0 Å². The van der Waals surface area contributed by atoms with E-state index < -0.39 is 5.97 Å². The van der Waals surface area contributed by atoms with Crippen molar-refractivity contribution in [1.29, 1.82) is 0 Å². The number of carboxylic acid groups (broad SMARTS) is 1. The van der Waals surface area contributed by atoms with Gasteiger partial charge in [0, 0.05) is 17.3 Å². The molecule has 4 N–H and O–H groups in total. The summed E-state index contributed by atoms with van der Waals surface area (Å²) in [7, 11) is 0. The number of nitrogens with two attached hydrogens (primary N) is 1. The molecule has 0 aliphatic rings. The second-order valence-corrected chi connectivity index (χ2v) is 6.16. The number of nitrogens with zero attached hydrogens (tertiary/aromatic N) is 1. The van der Waals surface area contributed by atoms with E-state index in [0.29, 0.717) is 17.3 Å². The molecule has 4 rings (SSSR count). The molecule has 3 heterocycles. The number of benzene rings is 1. The van der Waals surface area contributed by atoms with Crippen LogP contribution in [0.1, 0.15) is 15.9 Å². The van der Waals surface area contributed by atoms with Crippen LogP contribution < -0.4 is 10.5 Å². The minimum absolute atomic E-state index is 0.204. The van der Waals surface area contributed by atoms with Crippen molar-refractivity contribution in [3.05, 3.63) is 78.4 Å². The van der Waals surface area contributed by atoms with Gasteiger partial charge in [-0.3, -0.25) is 0 Å². The molecule has 140 valence electrons. The second-order valence-electron chi connectivity index (χ2n) is 6.16. The molecule has 0 spiro atoms. The van der Waals surface area contributed by atoms with Gasteiger partial charge in [0.1, 0.15) is 12.3 Å². The summed E-state index contributed by atoms with van der Waals surface area (Å²) < 4.78 is 11.1. The molecule has 3 aromatic heterocycles. The van der Waals surface area contributed by atoms with Crippen LogP contribution in [0.4, 0.5) is 5.69 Å². The van der Waals surface area contributed by atoms with Gasteiger partial charge in [-0.2, -0.15) is 0 Å². The van der Waals surface area contributed by atoms with Crippen molar-refractivity contribution in [2.24, 2.45) is 0 Å². The summed E-state index contributed by atoms with van der Waals surface area (Å²) in [5.74, 6) is -0.674. The molecule has 0 saturated heterocycles. The summed E-state index contributed by atoms with van der Waals surface area (Å²) in [5, 5.41) is 8.99. The summed E-state index contributed by atoms with van der Waals surface area (Å²) in [6, 6.07) is 14.0. The average Bonchev–Trinajstić information content (AvgIpc) is 3.41. The van der Waals surface area contributed by atoms with Gasteiger partial charge in [0.2, 0.25) is 5.88 Å². The molecule has 28 heavy (non-hydrogen) atoms. The molecule has 0 atom stereocenters. The molecule has 0 aliphatic carbocycles. The lowest BCUT2D eigenvalue weighted by molar-refractivity contribution is 0.0697. The molecule has 4 aromatic rings. The Balaban J connectivity index is 1.66. The fraction of sp³-hybridized carbons (Fsp3) is 0.0476. The normalized spacial score (nSPS) is 10.7. The highest BCUT2D eigenvalue weighted by Crippen LogP contribution is 2.36. The summed E-state index contributed by atoms with van der Waals surface area (Å²) in [4.78, 5) is 18.6. The quantitative estimate of drug-likeness (QED) is 0.465. The van der Waals surface area contributed by atoms with E-state index in [2.05, 4.69) is 9.97 Å². The van der Waals surface area contributed by atoms with E-state index in [9.17, 15) is 4.79 Å². The SMILES string of the molecule is Nc1c(-c2ccoc2)cc(-c2ccc[nH]2)nc1OCc1ccc(C(=O)O)cc1. The molecule has 0 amide bonds. The Morgan fingerprint density at radius 1 is 1.21 bits per heavy atom. The first-order valence-electron chi connectivity index (χ1n) is 8.53. The number of aromatic amines is 1. The summed E-state index contributed by atoms with van der Waals surface area (Å²) in [5.41, 5.74) is 10.8. The van der Waals surface area contributed by atoms with Gasteiger partial charge in [0.25, 0.3) is 0 Å². The van der Waals surface area contributed by atoms with Crippen molar-refractivity contribution in [2.75, 3.05) is 5.73 Å². The topological polar surface area (TPSA) is 114 Å². The summed E-state index contributed by atoms with van der Waals surface area (Å²) in [6.45, 7) is 0.204. The number of carbonyl (C=O) groups is 1. The number of anilines is 1. The highest BCUT2D eigenvalue weighted by atomic mass is 16.5. The van der Waals surface area contributed by atoms with Crippen LogP contribution in [-0.2, 0) is 6.61 Å². The molecular weight excluding hydrogens is 358 g/mol. The van der Waals surface area contributed by atoms with Crippen molar-refractivity contribution in [3.63, 3.8) is 0 Å². The predicted octanol–water partition coefficient (Wildman–Crippen LogP) is 4.20. The first-order chi connectivity index (χ1) is 13.6. The largest absolute Gasteiger partial charge is 0.478 e. The third-order valence-corrected chi connectivity index (χ3v) is 4.31. The van der Waals surface area contributed by atoms with Crippen LogP contribution in [0.25, 0.3) is 22.5 Å². The number of nitrogens with one attached hydrogen (secondary N) is 1. The molecular formula is C21H17N3O4. The van der Waals surface area contributed by atoms with Gasteiger partial charge in [0.05, 0.1) is 29.5 Å². The van der Waals surface area contributed by atoms with Crippen molar-refractivity contribution in [1.82, 2.24) is 9.97 Å². The maximum atomic E-state index is 11.0. The monoisotopic (exact) mass is 375 g/mol. The van der Waals surface area contributed by atoms with E-state index in [-0.39, 0.29) is 12.2 Å². The van der Waals surface area contributed by atoms with Crippen LogP contribution in [0.15, 0.2) is 71.7 Å². The molecule has 0 bridgehead atoms. The molecule has 7 heteroatoms. The lowest BCUT2D eigenvalue weighted by Gasteiger charge is -2.13. The van der Waals surface area contributed by atoms with Crippen LogP contribution >= 0.6 is 0 Å². The maximum Gasteiger partial charge on any atom is 0.335 e. The molecule has 7 nitrogen and oxygen atoms in total. The maximum absolute atomic E-state index is 11.0. The van der Waals surface area contributed by atoms with Gasteiger partial charge in [-0.15, -0.1) is 0 Å². The second kappa shape index (κ2) is 7.32. The third kappa shape index (κ3) is 3.45. The van der Waals surface area contributed by atoms with Crippen LogP contribution in [0.2, 0.25) is 0 Å². The number of pyridine rings is 1. The molecule has 0 radical (unpaired) electrons. The van der Waals surface area contributed by atoms with E-state index in [1.807, 2.05) is 30.5 Å². The van der Waals surface area contributed by atoms with E-state index >= 15 is 0 Å². The van der Waals surface area contributed by atoms with Crippen molar-refractivity contribution in [2.45, 2.75) is 6.61 Å². The number of furan rings is 1. The lowest BCUT2D eigenvalue weighted by Crippen LogP contribution is -2.04. The van der Waals surface area contributed by atoms with E-state index in [1.165, 1.54) is 12.1 Å². The molecule has 0 saturated carbocycles. The lowest BCUT2D eigenvalue weighted by atomic mass is 10.1. The Hall–Kier alpha value is -4.00. The fourth-order valence-electron chi connectivity index (χ4n) is 2.82. The number of ether oxygens (including phenoxy) is 1. The smallest absolute Gasteiger partial charge is 0.335 e. The van der Waals surface area contributed by atoms with Crippen LogP contribution in [0, 0.1) is 0 Å². The summed E-state index contributed by atoms with van der Waals surface area (Å²) >= 11 is 0. The first kappa shape index (κ1) is 17.4. The highest BCUT2D eigenvalue weighted by molar-refractivity contribution is 5.87. The number of hydrogen-bond acceptors (Lipinski definition) is 5. The van der Waals surface area contributed by atoms with Crippen LogP contribution in [0.5, 0.6) is 5.88 Å². The summed E-state index contributed by atoms with van der Waals surface area (Å²) in [6.07, 6.45) is 5.00. The van der Waals surface area contributed by atoms with Gasteiger partial charge in [-0.05, 0) is 42.0 Å². The number of aromatic carboxylic acids is 1. The third-order valence-electron chi connectivity index (χ3n) is 4.31. The van der Waals surface area contributed by atoms with E-state index in [0.717, 1.165) is 22.4 Å². The number of rotatable bonds is 6. The van der Waals surface area contributed by atoms with Gasteiger partial charge in [-0.1, -0.05) is 12.1 Å². The average molecular weight is 375 g/mol. The van der Waals surface area contributed by atoms with Crippen molar-refractivity contribution >= 4 is 11.7 Å². The molecule has 0 aliphatic heterocycles. The number of H-pyrrole nitrogens is 1. The van der Waals surface area contributed by atoms with Gasteiger partial charge in [0.15, 0.2) is 0 Å². The highest BCUT2D eigenvalue weighted by Gasteiger charge is 2.15. The minimum atomic E-state index is -0.971. The standard InChI is InChI=1S/C21H17N3O4/c22-19-16(15-7-9-27-12-15)10-18(17-2-1-8-23-17)24-20(19)28-11-13-3-5-14(6-4-13)21(25)26/h1-10,12,23H,11,22H2,(H,25,26). The van der Waals surface area contributed by atoms with Crippen LogP contribution in [0.3, 0.4) is 0 Å². The molecule has 1 aromatic carbocycles. The zero-order chi connectivity index (χ0) is 19.5. The first-order valence-corrected chi connectivity index (χ1v) is 8.53. The van der Waals surface area contributed by atoms with Gasteiger partial charge >= 0.3 is 5.97 Å². The fourth-order valence-corrected chi connectivity index (χ4v) is 2.82. The Morgan fingerprint density at radius 2 is 2.04 bits per heavy atom. The predicted molar refractivity (Wildman–Crippen MR) is 104 cm³/mol. The Labute approximate surface area is 160 Å². The van der Waals surface area contributed by atoms with Gasteiger partial charge in [-0.25, -0.2) is 9.78 Å². The van der Waals surface area contributed by atoms with Crippen LogP contribution in [-0.4, -0.2) is 21.0 Å². The zero-order valence-electron chi connectivity index (χ0n) is 14.8. The number of aromatic nitrogens is 2. The van der Waals surface area contributed by atoms with Crippen molar-refractivity contribution < 1.29 is 19.1 Å². The van der Waals surface area contributed by atoms with E-state index in [4.69, 9.17) is 20.0 Å². The van der Waals surface area contributed by atoms with E-state index in [1.54, 1.807) is 24.7 Å². The Bertz CT molecular complexity index is 1090.